The fourth-order valence-corrected chi connectivity index (χ4v) is 3.13. The Morgan fingerprint density at radius 1 is 0.758 bits per heavy atom. The normalized spacial score (nSPS) is 10.3. The SMILES string of the molecule is COCCOc1cccc(NC(=O)CNc2cccc(NC(=O)CCc3ccccc3)c2)c1. The van der Waals surface area contributed by atoms with Crippen molar-refractivity contribution in [1.82, 2.24) is 0 Å². The lowest BCUT2D eigenvalue weighted by molar-refractivity contribution is -0.116. The molecule has 7 heteroatoms. The Hall–Kier alpha value is -3.84. The number of ether oxygens (including phenoxy) is 2. The maximum Gasteiger partial charge on any atom is 0.243 e. The minimum absolute atomic E-state index is 0.0543. The summed E-state index contributed by atoms with van der Waals surface area (Å²) in [6, 6.07) is 24.4. The van der Waals surface area contributed by atoms with Crippen LogP contribution >= 0.6 is 0 Å². The van der Waals surface area contributed by atoms with Crippen molar-refractivity contribution in [2.45, 2.75) is 12.8 Å². The maximum absolute atomic E-state index is 12.3. The van der Waals surface area contributed by atoms with E-state index in [0.29, 0.717) is 43.2 Å². The molecule has 3 aromatic carbocycles. The molecule has 0 aromatic heterocycles. The first-order valence-corrected chi connectivity index (χ1v) is 10.8. The number of methoxy groups -OCH3 is 1. The fourth-order valence-electron chi connectivity index (χ4n) is 3.13. The number of rotatable bonds is 12. The quantitative estimate of drug-likeness (QED) is 0.360. The smallest absolute Gasteiger partial charge is 0.243 e. The number of amides is 2. The van der Waals surface area contributed by atoms with Crippen LogP contribution in [0.5, 0.6) is 5.75 Å². The minimum Gasteiger partial charge on any atom is -0.491 e. The van der Waals surface area contributed by atoms with Crippen LogP contribution in [0.4, 0.5) is 17.1 Å². The molecule has 0 saturated heterocycles. The van der Waals surface area contributed by atoms with E-state index in [1.165, 1.54) is 0 Å². The standard InChI is InChI=1S/C26H29N3O4/c1-32-15-16-33-24-12-6-11-23(18-24)29-26(31)19-27-21-9-5-10-22(17-21)28-25(30)14-13-20-7-3-2-4-8-20/h2-12,17-18,27H,13-16,19H2,1H3,(H,28,30)(H,29,31). The van der Waals surface area contributed by atoms with Gasteiger partial charge in [-0.05, 0) is 42.3 Å². The molecule has 0 heterocycles. The van der Waals surface area contributed by atoms with Crippen LogP contribution in [0.25, 0.3) is 0 Å². The van der Waals surface area contributed by atoms with Crippen molar-refractivity contribution in [3.8, 4) is 5.75 Å². The largest absolute Gasteiger partial charge is 0.491 e. The van der Waals surface area contributed by atoms with E-state index in [1.807, 2.05) is 60.7 Å². The van der Waals surface area contributed by atoms with Gasteiger partial charge in [0, 0.05) is 36.7 Å². The first-order valence-electron chi connectivity index (χ1n) is 10.8. The molecule has 3 rings (SSSR count). The molecule has 0 saturated carbocycles. The van der Waals surface area contributed by atoms with E-state index >= 15 is 0 Å². The van der Waals surface area contributed by atoms with Crippen molar-refractivity contribution in [3.63, 3.8) is 0 Å². The Kier molecular flexibility index (Phi) is 9.29. The van der Waals surface area contributed by atoms with Crippen molar-refractivity contribution < 1.29 is 19.1 Å². The molecule has 7 nitrogen and oxygen atoms in total. The summed E-state index contributed by atoms with van der Waals surface area (Å²) >= 11 is 0. The topological polar surface area (TPSA) is 88.7 Å². The number of aryl methyl sites for hydroxylation is 1. The maximum atomic E-state index is 12.3. The van der Waals surface area contributed by atoms with Gasteiger partial charge in [-0.2, -0.15) is 0 Å². The van der Waals surface area contributed by atoms with Gasteiger partial charge in [0.15, 0.2) is 0 Å². The van der Waals surface area contributed by atoms with Crippen molar-refractivity contribution in [1.29, 1.82) is 0 Å². The molecule has 0 unspecified atom stereocenters. The molecule has 0 aliphatic heterocycles. The zero-order valence-corrected chi connectivity index (χ0v) is 18.7. The van der Waals surface area contributed by atoms with E-state index in [9.17, 15) is 9.59 Å². The molecule has 0 spiro atoms. The highest BCUT2D eigenvalue weighted by atomic mass is 16.5. The number of carbonyl (C=O) groups is 2. The zero-order valence-electron chi connectivity index (χ0n) is 18.7. The fraction of sp³-hybridized carbons (Fsp3) is 0.231. The molecular formula is C26H29N3O4. The molecule has 0 radical (unpaired) electrons. The van der Waals surface area contributed by atoms with Crippen molar-refractivity contribution in [2.75, 3.05) is 42.8 Å². The molecule has 0 bridgehead atoms. The highest BCUT2D eigenvalue weighted by Gasteiger charge is 2.06. The lowest BCUT2D eigenvalue weighted by atomic mass is 10.1. The van der Waals surface area contributed by atoms with Gasteiger partial charge in [-0.3, -0.25) is 9.59 Å². The van der Waals surface area contributed by atoms with Crippen LogP contribution in [0.3, 0.4) is 0 Å². The van der Waals surface area contributed by atoms with Crippen LogP contribution in [-0.2, 0) is 20.7 Å². The van der Waals surface area contributed by atoms with Gasteiger partial charge < -0.3 is 25.4 Å². The van der Waals surface area contributed by atoms with Gasteiger partial charge in [0.1, 0.15) is 12.4 Å². The Balaban J connectivity index is 1.44. The predicted molar refractivity (Wildman–Crippen MR) is 131 cm³/mol. The highest BCUT2D eigenvalue weighted by molar-refractivity contribution is 5.94. The summed E-state index contributed by atoms with van der Waals surface area (Å²) < 4.78 is 10.5. The average molecular weight is 448 g/mol. The predicted octanol–water partition coefficient (Wildman–Crippen LogP) is 4.33. The summed E-state index contributed by atoms with van der Waals surface area (Å²) in [7, 11) is 1.61. The number of nitrogens with one attached hydrogen (secondary N) is 3. The third-order valence-corrected chi connectivity index (χ3v) is 4.76. The molecular weight excluding hydrogens is 418 g/mol. The molecule has 0 aliphatic carbocycles. The van der Waals surface area contributed by atoms with E-state index in [0.717, 1.165) is 11.3 Å². The first-order chi connectivity index (χ1) is 16.1. The Morgan fingerprint density at radius 3 is 2.24 bits per heavy atom. The second kappa shape index (κ2) is 12.9. The Bertz CT molecular complexity index is 1040. The molecule has 0 fully saturated rings. The van der Waals surface area contributed by atoms with Gasteiger partial charge in [-0.1, -0.05) is 42.5 Å². The third-order valence-electron chi connectivity index (χ3n) is 4.76. The van der Waals surface area contributed by atoms with E-state index < -0.39 is 0 Å². The van der Waals surface area contributed by atoms with Gasteiger partial charge in [-0.15, -0.1) is 0 Å². The minimum atomic E-state index is -0.193. The van der Waals surface area contributed by atoms with Crippen molar-refractivity contribution >= 4 is 28.9 Å². The van der Waals surface area contributed by atoms with E-state index in [4.69, 9.17) is 9.47 Å². The van der Waals surface area contributed by atoms with Crippen molar-refractivity contribution in [2.24, 2.45) is 0 Å². The van der Waals surface area contributed by atoms with Crippen LogP contribution in [0.15, 0.2) is 78.9 Å². The van der Waals surface area contributed by atoms with Crippen molar-refractivity contribution in [3.05, 3.63) is 84.4 Å². The molecule has 3 aromatic rings. The van der Waals surface area contributed by atoms with Crippen LogP contribution < -0.4 is 20.7 Å². The van der Waals surface area contributed by atoms with Crippen LogP contribution in [0, 0.1) is 0 Å². The highest BCUT2D eigenvalue weighted by Crippen LogP contribution is 2.18. The van der Waals surface area contributed by atoms with Gasteiger partial charge in [0.25, 0.3) is 0 Å². The number of anilines is 3. The summed E-state index contributed by atoms with van der Waals surface area (Å²) in [5.41, 5.74) is 3.19. The average Bonchev–Trinajstić information content (AvgIpc) is 2.83. The van der Waals surface area contributed by atoms with Gasteiger partial charge in [0.2, 0.25) is 11.8 Å². The lowest BCUT2D eigenvalue weighted by Gasteiger charge is -2.11. The monoisotopic (exact) mass is 447 g/mol. The molecule has 0 aliphatic rings. The molecule has 172 valence electrons. The Morgan fingerprint density at radius 2 is 1.45 bits per heavy atom. The van der Waals surface area contributed by atoms with E-state index in [1.54, 1.807) is 25.3 Å². The van der Waals surface area contributed by atoms with Crippen LogP contribution in [0.2, 0.25) is 0 Å². The molecule has 3 N–H and O–H groups in total. The van der Waals surface area contributed by atoms with E-state index in [2.05, 4.69) is 16.0 Å². The van der Waals surface area contributed by atoms with Gasteiger partial charge in [-0.25, -0.2) is 0 Å². The van der Waals surface area contributed by atoms with Gasteiger partial charge >= 0.3 is 0 Å². The summed E-state index contributed by atoms with van der Waals surface area (Å²) in [6.07, 6.45) is 1.09. The molecule has 0 atom stereocenters. The molecule has 2 amide bonds. The van der Waals surface area contributed by atoms with Gasteiger partial charge in [0.05, 0.1) is 13.2 Å². The Labute approximate surface area is 194 Å². The third kappa shape index (κ3) is 8.66. The second-order valence-corrected chi connectivity index (χ2v) is 7.39. The zero-order chi connectivity index (χ0) is 23.3. The summed E-state index contributed by atoms with van der Waals surface area (Å²) in [5.74, 6) is 0.413. The van der Waals surface area contributed by atoms with Crippen LogP contribution in [0.1, 0.15) is 12.0 Å². The summed E-state index contributed by atoms with van der Waals surface area (Å²) in [6.45, 7) is 1.02. The second-order valence-electron chi connectivity index (χ2n) is 7.39. The summed E-state index contributed by atoms with van der Waals surface area (Å²) in [5, 5.41) is 8.83. The molecule has 33 heavy (non-hydrogen) atoms. The number of hydrogen-bond acceptors (Lipinski definition) is 5. The summed E-state index contributed by atoms with van der Waals surface area (Å²) in [4.78, 5) is 24.6. The lowest BCUT2D eigenvalue weighted by Crippen LogP contribution is -2.21. The first kappa shape index (κ1) is 23.8. The number of carbonyl (C=O) groups excluding carboxylic acids is 2. The van der Waals surface area contributed by atoms with E-state index in [-0.39, 0.29) is 18.4 Å². The van der Waals surface area contributed by atoms with Crippen LogP contribution in [-0.4, -0.2) is 38.7 Å². The number of benzene rings is 3. The number of hydrogen-bond donors (Lipinski definition) is 3.